The number of aryl methyl sites for hydroxylation is 1. The molecule has 0 aliphatic carbocycles. The van der Waals surface area contributed by atoms with Crippen molar-refractivity contribution in [1.82, 2.24) is 0 Å². The predicted molar refractivity (Wildman–Crippen MR) is 78.3 cm³/mol. The molecule has 1 N–H and O–H groups in total. The second kappa shape index (κ2) is 9.11. The average Bonchev–Trinajstić information content (AvgIpc) is 2.37. The van der Waals surface area contributed by atoms with Gasteiger partial charge in [0.2, 0.25) is 5.91 Å². The van der Waals surface area contributed by atoms with Crippen LogP contribution < -0.4 is 5.32 Å². The first kappa shape index (κ1) is 15.2. The molecule has 1 aromatic rings. The summed E-state index contributed by atoms with van der Waals surface area (Å²) < 4.78 is 5.19. The van der Waals surface area contributed by atoms with Gasteiger partial charge in [-0.2, -0.15) is 0 Å². The van der Waals surface area contributed by atoms with Gasteiger partial charge in [0.15, 0.2) is 0 Å². The van der Waals surface area contributed by atoms with Gasteiger partial charge < -0.3 is 10.1 Å². The smallest absolute Gasteiger partial charge is 0.250 e. The Hall–Kier alpha value is -0.870. The van der Waals surface area contributed by atoms with Crippen LogP contribution in [0.3, 0.4) is 0 Å². The van der Waals surface area contributed by atoms with Crippen LogP contribution in [-0.4, -0.2) is 24.5 Å². The van der Waals surface area contributed by atoms with E-state index in [1.165, 1.54) is 5.56 Å². The summed E-state index contributed by atoms with van der Waals surface area (Å²) in [5.41, 5.74) is 2.08. The number of hydrogen-bond acceptors (Lipinski definition) is 2. The van der Waals surface area contributed by atoms with E-state index in [4.69, 9.17) is 4.74 Å². The molecule has 0 unspecified atom stereocenters. The highest BCUT2D eigenvalue weighted by molar-refractivity contribution is 9.09. The first-order chi connectivity index (χ1) is 8.76. The molecule has 0 fully saturated rings. The number of anilines is 1. The highest BCUT2D eigenvalue weighted by Gasteiger charge is 2.02. The van der Waals surface area contributed by atoms with Crippen LogP contribution in [0.25, 0.3) is 0 Å². The fraction of sp³-hybridized carbons (Fsp3) is 0.500. The SMILES string of the molecule is CCCOCC(=O)Nc1cccc(CCCBr)c1. The molecule has 0 bridgehead atoms. The molecule has 0 saturated heterocycles. The molecule has 1 rings (SSSR count). The molecule has 0 aliphatic heterocycles. The number of carbonyl (C=O) groups excluding carboxylic acids is 1. The minimum absolute atomic E-state index is 0.0962. The van der Waals surface area contributed by atoms with Crippen LogP contribution >= 0.6 is 15.9 Å². The van der Waals surface area contributed by atoms with Gasteiger partial charge >= 0.3 is 0 Å². The van der Waals surface area contributed by atoms with Gasteiger partial charge in [0.25, 0.3) is 0 Å². The first-order valence-electron chi connectivity index (χ1n) is 6.28. The first-order valence-corrected chi connectivity index (χ1v) is 7.41. The summed E-state index contributed by atoms with van der Waals surface area (Å²) in [6.45, 7) is 2.77. The Bertz CT molecular complexity index is 369. The third-order valence-electron chi connectivity index (χ3n) is 2.39. The monoisotopic (exact) mass is 313 g/mol. The second-order valence-electron chi connectivity index (χ2n) is 4.09. The molecule has 0 radical (unpaired) electrons. The maximum Gasteiger partial charge on any atom is 0.250 e. The molecule has 0 spiro atoms. The molecule has 1 aromatic carbocycles. The van der Waals surface area contributed by atoms with Crippen molar-refractivity contribution in [1.29, 1.82) is 0 Å². The van der Waals surface area contributed by atoms with Crippen LogP contribution in [0, 0.1) is 0 Å². The molecule has 0 heterocycles. The third kappa shape index (κ3) is 6.17. The normalized spacial score (nSPS) is 10.3. The summed E-state index contributed by atoms with van der Waals surface area (Å²) in [5.74, 6) is -0.0962. The molecule has 0 aliphatic rings. The van der Waals surface area contributed by atoms with E-state index in [1.54, 1.807) is 0 Å². The molecule has 4 heteroatoms. The number of halogens is 1. The zero-order chi connectivity index (χ0) is 13.2. The third-order valence-corrected chi connectivity index (χ3v) is 2.95. The number of carbonyl (C=O) groups is 1. The van der Waals surface area contributed by atoms with Crippen molar-refractivity contribution in [2.75, 3.05) is 23.9 Å². The molecule has 0 saturated carbocycles. The van der Waals surface area contributed by atoms with E-state index in [0.29, 0.717) is 6.61 Å². The molecule has 0 atom stereocenters. The van der Waals surface area contributed by atoms with E-state index < -0.39 is 0 Å². The fourth-order valence-electron chi connectivity index (χ4n) is 1.58. The quantitative estimate of drug-likeness (QED) is 0.590. The zero-order valence-corrected chi connectivity index (χ0v) is 12.3. The summed E-state index contributed by atoms with van der Waals surface area (Å²) in [6.07, 6.45) is 3.04. The number of amides is 1. The average molecular weight is 314 g/mol. The number of ether oxygens (including phenoxy) is 1. The largest absolute Gasteiger partial charge is 0.372 e. The lowest BCUT2D eigenvalue weighted by atomic mass is 10.1. The van der Waals surface area contributed by atoms with E-state index in [1.807, 2.05) is 25.1 Å². The predicted octanol–water partition coefficient (Wildman–Crippen LogP) is 3.38. The van der Waals surface area contributed by atoms with Crippen LogP contribution in [-0.2, 0) is 16.0 Å². The lowest BCUT2D eigenvalue weighted by Crippen LogP contribution is -2.18. The summed E-state index contributed by atoms with van der Waals surface area (Å²) in [6, 6.07) is 7.95. The lowest BCUT2D eigenvalue weighted by Gasteiger charge is -2.07. The van der Waals surface area contributed by atoms with Crippen molar-refractivity contribution in [2.24, 2.45) is 0 Å². The summed E-state index contributed by atoms with van der Waals surface area (Å²) in [4.78, 5) is 11.6. The van der Waals surface area contributed by atoms with Crippen LogP contribution in [0.4, 0.5) is 5.69 Å². The molecular formula is C14H20BrNO2. The summed E-state index contributed by atoms with van der Waals surface area (Å²) in [5, 5.41) is 3.84. The van der Waals surface area contributed by atoms with Gasteiger partial charge in [0.05, 0.1) is 0 Å². The standard InChI is InChI=1S/C14H20BrNO2/c1-2-9-18-11-14(17)16-13-7-3-5-12(10-13)6-4-8-15/h3,5,7,10H,2,4,6,8-9,11H2,1H3,(H,16,17). The molecule has 1 amide bonds. The Morgan fingerprint density at radius 2 is 2.28 bits per heavy atom. The minimum atomic E-state index is -0.0962. The second-order valence-corrected chi connectivity index (χ2v) is 4.89. The van der Waals surface area contributed by atoms with Crippen LogP contribution in [0.5, 0.6) is 0 Å². The van der Waals surface area contributed by atoms with Crippen molar-refractivity contribution in [3.05, 3.63) is 29.8 Å². The van der Waals surface area contributed by atoms with E-state index >= 15 is 0 Å². The Morgan fingerprint density at radius 1 is 1.44 bits per heavy atom. The molecule has 3 nitrogen and oxygen atoms in total. The van der Waals surface area contributed by atoms with Gasteiger partial charge in [0, 0.05) is 17.6 Å². The Morgan fingerprint density at radius 3 is 3.00 bits per heavy atom. The number of nitrogens with one attached hydrogen (secondary N) is 1. The number of hydrogen-bond donors (Lipinski definition) is 1. The van der Waals surface area contributed by atoms with Crippen molar-refractivity contribution in [2.45, 2.75) is 26.2 Å². The lowest BCUT2D eigenvalue weighted by molar-refractivity contribution is -0.120. The van der Waals surface area contributed by atoms with E-state index in [0.717, 1.165) is 30.3 Å². The van der Waals surface area contributed by atoms with Crippen molar-refractivity contribution in [3.8, 4) is 0 Å². The van der Waals surface area contributed by atoms with E-state index in [-0.39, 0.29) is 12.5 Å². The van der Waals surface area contributed by atoms with Gasteiger partial charge in [-0.15, -0.1) is 0 Å². The van der Waals surface area contributed by atoms with Gasteiger partial charge in [-0.3, -0.25) is 4.79 Å². The topological polar surface area (TPSA) is 38.3 Å². The van der Waals surface area contributed by atoms with Gasteiger partial charge in [0.1, 0.15) is 6.61 Å². The molecule has 100 valence electrons. The van der Waals surface area contributed by atoms with Crippen LogP contribution in [0.1, 0.15) is 25.3 Å². The zero-order valence-electron chi connectivity index (χ0n) is 10.7. The summed E-state index contributed by atoms with van der Waals surface area (Å²) >= 11 is 3.41. The highest BCUT2D eigenvalue weighted by Crippen LogP contribution is 2.12. The number of alkyl halides is 1. The maximum absolute atomic E-state index is 11.6. The number of rotatable bonds is 8. The highest BCUT2D eigenvalue weighted by atomic mass is 79.9. The van der Waals surface area contributed by atoms with Crippen LogP contribution in [0.2, 0.25) is 0 Å². The van der Waals surface area contributed by atoms with Crippen LogP contribution in [0.15, 0.2) is 24.3 Å². The molecule has 18 heavy (non-hydrogen) atoms. The van der Waals surface area contributed by atoms with E-state index in [2.05, 4.69) is 27.3 Å². The van der Waals surface area contributed by atoms with Gasteiger partial charge in [-0.1, -0.05) is 35.0 Å². The van der Waals surface area contributed by atoms with E-state index in [9.17, 15) is 4.79 Å². The molecular weight excluding hydrogens is 294 g/mol. The maximum atomic E-state index is 11.6. The minimum Gasteiger partial charge on any atom is -0.372 e. The Labute approximate surface area is 117 Å². The van der Waals surface area contributed by atoms with Gasteiger partial charge in [-0.25, -0.2) is 0 Å². The van der Waals surface area contributed by atoms with Crippen molar-refractivity contribution >= 4 is 27.5 Å². The summed E-state index contributed by atoms with van der Waals surface area (Å²) in [7, 11) is 0. The Kier molecular flexibility index (Phi) is 7.69. The molecule has 0 aromatic heterocycles. The van der Waals surface area contributed by atoms with Gasteiger partial charge in [-0.05, 0) is 37.0 Å². The van der Waals surface area contributed by atoms with Crippen molar-refractivity contribution < 1.29 is 9.53 Å². The Balaban J connectivity index is 2.43. The number of benzene rings is 1. The van der Waals surface area contributed by atoms with Crippen molar-refractivity contribution in [3.63, 3.8) is 0 Å². The fourth-order valence-corrected chi connectivity index (χ4v) is 1.86.